The van der Waals surface area contributed by atoms with Crippen molar-refractivity contribution in [3.8, 4) is 0 Å². The number of benzene rings is 2. The van der Waals surface area contributed by atoms with E-state index < -0.39 is 0 Å². The molecule has 5 nitrogen and oxygen atoms in total. The summed E-state index contributed by atoms with van der Waals surface area (Å²) in [7, 11) is 0. The maximum Gasteiger partial charge on any atom is 0.274 e. The highest BCUT2D eigenvalue weighted by Gasteiger charge is 2.13. The second kappa shape index (κ2) is 8.67. The molecule has 2 amide bonds. The van der Waals surface area contributed by atoms with Crippen molar-refractivity contribution in [2.24, 2.45) is 0 Å². The van der Waals surface area contributed by atoms with Gasteiger partial charge < -0.3 is 10.6 Å². The third-order valence-corrected chi connectivity index (χ3v) is 4.60. The third-order valence-electron chi connectivity index (χ3n) is 4.35. The van der Waals surface area contributed by atoms with Crippen LogP contribution in [0.2, 0.25) is 5.02 Å². The molecule has 0 fully saturated rings. The third kappa shape index (κ3) is 4.96. The van der Waals surface area contributed by atoms with Crippen LogP contribution in [0.5, 0.6) is 0 Å². The Kier molecular flexibility index (Phi) is 6.06. The molecule has 0 spiro atoms. The maximum absolute atomic E-state index is 12.5. The number of hydrogen-bond acceptors (Lipinski definition) is 3. The van der Waals surface area contributed by atoms with E-state index >= 15 is 0 Å². The molecule has 142 valence electrons. The lowest BCUT2D eigenvalue weighted by Gasteiger charge is -2.09. The van der Waals surface area contributed by atoms with E-state index in [9.17, 15) is 9.59 Å². The first kappa shape index (κ1) is 19.6. The zero-order valence-corrected chi connectivity index (χ0v) is 16.4. The highest BCUT2D eigenvalue weighted by atomic mass is 35.5. The number of nitrogens with zero attached hydrogens (tertiary/aromatic N) is 1. The second-order valence-electron chi connectivity index (χ2n) is 6.47. The van der Waals surface area contributed by atoms with E-state index in [1.54, 1.807) is 30.3 Å². The zero-order valence-electron chi connectivity index (χ0n) is 15.6. The van der Waals surface area contributed by atoms with E-state index in [1.165, 1.54) is 0 Å². The van der Waals surface area contributed by atoms with Gasteiger partial charge >= 0.3 is 0 Å². The Balaban J connectivity index is 1.66. The molecule has 28 heavy (non-hydrogen) atoms. The van der Waals surface area contributed by atoms with Crippen molar-refractivity contribution in [1.29, 1.82) is 0 Å². The van der Waals surface area contributed by atoms with Crippen molar-refractivity contribution in [3.63, 3.8) is 0 Å². The molecule has 0 atom stereocenters. The van der Waals surface area contributed by atoms with Gasteiger partial charge in [0, 0.05) is 17.3 Å². The van der Waals surface area contributed by atoms with Crippen molar-refractivity contribution >= 4 is 29.1 Å². The normalized spacial score (nSPS) is 10.4. The van der Waals surface area contributed by atoms with Crippen LogP contribution in [0.1, 0.15) is 37.7 Å². The van der Waals surface area contributed by atoms with Gasteiger partial charge in [-0.25, -0.2) is 4.98 Å². The molecule has 3 aromatic rings. The van der Waals surface area contributed by atoms with E-state index in [2.05, 4.69) is 15.6 Å². The fourth-order valence-corrected chi connectivity index (χ4v) is 2.70. The van der Waals surface area contributed by atoms with E-state index in [0.29, 0.717) is 17.3 Å². The van der Waals surface area contributed by atoms with Crippen molar-refractivity contribution in [2.75, 3.05) is 5.32 Å². The second-order valence-corrected chi connectivity index (χ2v) is 6.91. The number of pyridine rings is 1. The summed E-state index contributed by atoms with van der Waals surface area (Å²) in [6.45, 7) is 4.33. The van der Waals surface area contributed by atoms with Crippen molar-refractivity contribution < 1.29 is 9.59 Å². The summed E-state index contributed by atoms with van der Waals surface area (Å²) >= 11 is 5.86. The number of carbonyl (C=O) groups excluding carboxylic acids is 2. The van der Waals surface area contributed by atoms with Crippen LogP contribution in [0.25, 0.3) is 0 Å². The highest BCUT2D eigenvalue weighted by Crippen LogP contribution is 2.15. The molecule has 0 saturated heterocycles. The summed E-state index contributed by atoms with van der Waals surface area (Å²) in [6.07, 6.45) is 0. The number of aryl methyl sites for hydroxylation is 2. The Labute approximate surface area is 168 Å². The van der Waals surface area contributed by atoms with Crippen LogP contribution in [0.3, 0.4) is 0 Å². The summed E-state index contributed by atoms with van der Waals surface area (Å²) in [5.41, 5.74) is 4.20. The first-order valence-electron chi connectivity index (χ1n) is 8.80. The van der Waals surface area contributed by atoms with Crippen LogP contribution in [0.15, 0.2) is 60.7 Å². The molecule has 3 rings (SSSR count). The monoisotopic (exact) mass is 393 g/mol. The van der Waals surface area contributed by atoms with Crippen LogP contribution in [-0.4, -0.2) is 16.8 Å². The average Bonchev–Trinajstić information content (AvgIpc) is 2.70. The smallest absolute Gasteiger partial charge is 0.274 e. The van der Waals surface area contributed by atoms with Gasteiger partial charge in [0.15, 0.2) is 0 Å². The van der Waals surface area contributed by atoms with Crippen LogP contribution in [0, 0.1) is 13.8 Å². The number of halogens is 1. The first-order valence-corrected chi connectivity index (χ1v) is 9.18. The maximum atomic E-state index is 12.5. The van der Waals surface area contributed by atoms with Gasteiger partial charge in [0.2, 0.25) is 0 Å². The fraction of sp³-hybridized carbons (Fsp3) is 0.136. The summed E-state index contributed by atoms with van der Waals surface area (Å²) < 4.78 is 0. The quantitative estimate of drug-likeness (QED) is 0.668. The van der Waals surface area contributed by atoms with Crippen LogP contribution >= 0.6 is 11.6 Å². The predicted molar refractivity (Wildman–Crippen MR) is 111 cm³/mol. The Morgan fingerprint density at radius 1 is 0.893 bits per heavy atom. The molecule has 0 radical (unpaired) electrons. The van der Waals surface area contributed by atoms with E-state index in [4.69, 9.17) is 11.6 Å². The molecule has 6 heteroatoms. The molecule has 1 heterocycles. The predicted octanol–water partition coefficient (Wildman–Crippen LogP) is 4.53. The van der Waals surface area contributed by atoms with Crippen LogP contribution in [-0.2, 0) is 6.54 Å². The molecule has 0 unspecified atom stereocenters. The van der Waals surface area contributed by atoms with Gasteiger partial charge in [-0.1, -0.05) is 35.9 Å². The number of amides is 2. The number of rotatable bonds is 5. The lowest BCUT2D eigenvalue weighted by atomic mass is 10.1. The standard InChI is InChI=1S/C22H20ClN3O2/c1-14-6-11-18(12-15(14)2)25-22(28)20-5-3-4-19(26-20)21(27)24-13-16-7-9-17(23)10-8-16/h3-12H,13H2,1-2H3,(H,24,27)(H,25,28). The molecular weight excluding hydrogens is 374 g/mol. The molecule has 0 aliphatic rings. The number of carbonyl (C=O) groups is 2. The average molecular weight is 394 g/mol. The zero-order chi connectivity index (χ0) is 20.1. The summed E-state index contributed by atoms with van der Waals surface area (Å²) in [4.78, 5) is 29.0. The van der Waals surface area contributed by atoms with Gasteiger partial charge in [0.1, 0.15) is 11.4 Å². The SMILES string of the molecule is Cc1ccc(NC(=O)c2cccc(C(=O)NCc3ccc(Cl)cc3)n2)cc1C. The topological polar surface area (TPSA) is 71.1 Å². The molecule has 1 aromatic heterocycles. The van der Waals surface area contributed by atoms with Crippen LogP contribution < -0.4 is 10.6 Å². The molecule has 0 saturated carbocycles. The molecule has 0 bridgehead atoms. The lowest BCUT2D eigenvalue weighted by molar-refractivity contribution is 0.0945. The van der Waals surface area contributed by atoms with E-state index in [-0.39, 0.29) is 23.2 Å². The fourth-order valence-electron chi connectivity index (χ4n) is 2.58. The van der Waals surface area contributed by atoms with Gasteiger partial charge in [0.05, 0.1) is 0 Å². The van der Waals surface area contributed by atoms with Crippen molar-refractivity contribution in [3.05, 3.63) is 93.8 Å². The molecular formula is C22H20ClN3O2. The van der Waals surface area contributed by atoms with Crippen molar-refractivity contribution in [1.82, 2.24) is 10.3 Å². The molecule has 0 aliphatic heterocycles. The minimum Gasteiger partial charge on any atom is -0.347 e. The Morgan fingerprint density at radius 3 is 2.25 bits per heavy atom. The van der Waals surface area contributed by atoms with Gasteiger partial charge in [-0.05, 0) is 66.9 Å². The highest BCUT2D eigenvalue weighted by molar-refractivity contribution is 6.30. The number of anilines is 1. The van der Waals surface area contributed by atoms with Gasteiger partial charge in [-0.2, -0.15) is 0 Å². The Bertz CT molecular complexity index is 1020. The molecule has 2 N–H and O–H groups in total. The molecule has 2 aromatic carbocycles. The number of nitrogens with one attached hydrogen (secondary N) is 2. The lowest BCUT2D eigenvalue weighted by Crippen LogP contribution is -2.25. The largest absolute Gasteiger partial charge is 0.347 e. The summed E-state index contributed by atoms with van der Waals surface area (Å²) in [6, 6.07) is 17.7. The number of hydrogen-bond donors (Lipinski definition) is 2. The van der Waals surface area contributed by atoms with Gasteiger partial charge in [0.25, 0.3) is 11.8 Å². The van der Waals surface area contributed by atoms with Gasteiger partial charge in [-0.3, -0.25) is 9.59 Å². The van der Waals surface area contributed by atoms with E-state index in [1.807, 2.05) is 44.2 Å². The molecule has 0 aliphatic carbocycles. The summed E-state index contributed by atoms with van der Waals surface area (Å²) in [5.74, 6) is -0.716. The van der Waals surface area contributed by atoms with Gasteiger partial charge in [-0.15, -0.1) is 0 Å². The summed E-state index contributed by atoms with van der Waals surface area (Å²) in [5, 5.41) is 6.24. The minimum atomic E-state index is -0.365. The first-order chi connectivity index (χ1) is 13.4. The number of aromatic nitrogens is 1. The minimum absolute atomic E-state index is 0.178. The van der Waals surface area contributed by atoms with Crippen molar-refractivity contribution in [2.45, 2.75) is 20.4 Å². The Morgan fingerprint density at radius 2 is 1.57 bits per heavy atom. The Hall–Kier alpha value is -3.18. The van der Waals surface area contributed by atoms with Crippen LogP contribution in [0.4, 0.5) is 5.69 Å². The van der Waals surface area contributed by atoms with E-state index in [0.717, 1.165) is 16.7 Å².